The molecule has 1 unspecified atom stereocenters. The van der Waals surface area contributed by atoms with Crippen molar-refractivity contribution in [3.05, 3.63) is 29.3 Å². The summed E-state index contributed by atoms with van der Waals surface area (Å²) in [4.78, 5) is 0.290. The molecule has 1 fully saturated rings. The molecule has 1 aliphatic rings. The summed E-state index contributed by atoms with van der Waals surface area (Å²) in [5, 5.41) is 10.1. The molecule has 6 heteroatoms. The van der Waals surface area contributed by atoms with Gasteiger partial charge in [0.25, 0.3) is 0 Å². The molecular weight excluding hydrogens is 276 g/mol. The smallest absolute Gasteiger partial charge is 0.243 e. The van der Waals surface area contributed by atoms with Gasteiger partial charge in [-0.05, 0) is 43.9 Å². The van der Waals surface area contributed by atoms with Crippen LogP contribution in [0.25, 0.3) is 0 Å². The van der Waals surface area contributed by atoms with Crippen LogP contribution in [0.4, 0.5) is 0 Å². The normalized spacial score (nSPS) is 24.8. The summed E-state index contributed by atoms with van der Waals surface area (Å²) < 4.78 is 26.9. The van der Waals surface area contributed by atoms with Crippen LogP contribution in [-0.2, 0) is 16.6 Å². The molecular formula is C14H22N2O3S. The third kappa shape index (κ3) is 3.03. The molecule has 0 saturated carbocycles. The van der Waals surface area contributed by atoms with Crippen LogP contribution >= 0.6 is 0 Å². The molecule has 1 aromatic rings. The first-order chi connectivity index (χ1) is 9.26. The molecule has 1 aromatic carbocycles. The molecule has 0 amide bonds. The van der Waals surface area contributed by atoms with Crippen molar-refractivity contribution >= 4 is 10.0 Å². The minimum absolute atomic E-state index is 0.141. The van der Waals surface area contributed by atoms with Crippen LogP contribution in [0.5, 0.6) is 0 Å². The fourth-order valence-corrected chi connectivity index (χ4v) is 4.44. The largest absolute Gasteiger partial charge is 0.389 e. The van der Waals surface area contributed by atoms with E-state index in [2.05, 4.69) is 0 Å². The Bertz CT molecular complexity index is 596. The molecule has 2 rings (SSSR count). The molecule has 1 heterocycles. The molecule has 20 heavy (non-hydrogen) atoms. The van der Waals surface area contributed by atoms with E-state index in [1.165, 1.54) is 4.31 Å². The first kappa shape index (κ1) is 15.4. The Hall–Kier alpha value is -0.950. The number of piperidine rings is 1. The van der Waals surface area contributed by atoms with E-state index in [-0.39, 0.29) is 11.4 Å². The Labute approximate surface area is 120 Å². The van der Waals surface area contributed by atoms with Crippen LogP contribution in [-0.4, -0.2) is 36.5 Å². The van der Waals surface area contributed by atoms with Gasteiger partial charge in [-0.2, -0.15) is 4.31 Å². The van der Waals surface area contributed by atoms with Crippen molar-refractivity contribution in [2.75, 3.05) is 13.1 Å². The second kappa shape index (κ2) is 5.44. The molecule has 5 nitrogen and oxygen atoms in total. The van der Waals surface area contributed by atoms with Gasteiger partial charge in [-0.3, -0.25) is 0 Å². The number of benzene rings is 1. The number of sulfonamides is 1. The topological polar surface area (TPSA) is 83.6 Å². The van der Waals surface area contributed by atoms with E-state index >= 15 is 0 Å². The van der Waals surface area contributed by atoms with E-state index in [0.29, 0.717) is 31.5 Å². The van der Waals surface area contributed by atoms with Crippen molar-refractivity contribution in [1.29, 1.82) is 0 Å². The van der Waals surface area contributed by atoms with Crippen LogP contribution in [0.3, 0.4) is 0 Å². The lowest BCUT2D eigenvalue weighted by atomic mass is 9.97. The zero-order valence-electron chi connectivity index (χ0n) is 12.0. The first-order valence-corrected chi connectivity index (χ1v) is 8.22. The van der Waals surface area contributed by atoms with Crippen molar-refractivity contribution in [1.82, 2.24) is 4.31 Å². The summed E-state index contributed by atoms with van der Waals surface area (Å²) in [6.45, 7) is 4.35. The Kier molecular flexibility index (Phi) is 4.20. The van der Waals surface area contributed by atoms with Gasteiger partial charge in [-0.15, -0.1) is 0 Å². The van der Waals surface area contributed by atoms with E-state index in [4.69, 9.17) is 5.73 Å². The van der Waals surface area contributed by atoms with Crippen LogP contribution < -0.4 is 5.73 Å². The van der Waals surface area contributed by atoms with Crippen molar-refractivity contribution in [3.8, 4) is 0 Å². The van der Waals surface area contributed by atoms with Gasteiger partial charge in [0.05, 0.1) is 10.5 Å². The summed E-state index contributed by atoms with van der Waals surface area (Å²) in [6, 6.07) is 5.24. The summed E-state index contributed by atoms with van der Waals surface area (Å²) in [6.07, 6.45) is 1.29. The third-order valence-electron chi connectivity index (χ3n) is 3.75. The van der Waals surface area contributed by atoms with Gasteiger partial charge in [-0.1, -0.05) is 12.1 Å². The lowest BCUT2D eigenvalue weighted by Gasteiger charge is -2.36. The predicted octanol–water partition coefficient (Wildman–Crippen LogP) is 0.989. The number of hydrogen-bond acceptors (Lipinski definition) is 4. The summed E-state index contributed by atoms with van der Waals surface area (Å²) in [5.74, 6) is 0. The van der Waals surface area contributed by atoms with Crippen LogP contribution in [0.1, 0.15) is 30.9 Å². The average molecular weight is 298 g/mol. The van der Waals surface area contributed by atoms with E-state index < -0.39 is 15.6 Å². The number of rotatable bonds is 3. The maximum atomic E-state index is 12.7. The van der Waals surface area contributed by atoms with Gasteiger partial charge in [0.1, 0.15) is 0 Å². The second-order valence-electron chi connectivity index (χ2n) is 5.74. The SMILES string of the molecule is Cc1ccc(CN)cc1S(=O)(=O)N1CCCC(C)(O)C1. The fourth-order valence-electron chi connectivity index (χ4n) is 2.57. The second-order valence-corrected chi connectivity index (χ2v) is 7.65. The molecule has 1 saturated heterocycles. The summed E-state index contributed by atoms with van der Waals surface area (Å²) >= 11 is 0. The lowest BCUT2D eigenvalue weighted by molar-refractivity contribution is 0.00939. The third-order valence-corrected chi connectivity index (χ3v) is 5.73. The van der Waals surface area contributed by atoms with Gasteiger partial charge in [0.2, 0.25) is 10.0 Å². The van der Waals surface area contributed by atoms with Crippen LogP contribution in [0.15, 0.2) is 23.1 Å². The standard InChI is InChI=1S/C14H22N2O3S/c1-11-4-5-12(9-15)8-13(11)20(18,19)16-7-3-6-14(2,17)10-16/h4-5,8,17H,3,6-7,9-10,15H2,1-2H3. The minimum Gasteiger partial charge on any atom is -0.389 e. The molecule has 3 N–H and O–H groups in total. The molecule has 0 aliphatic carbocycles. The zero-order valence-corrected chi connectivity index (χ0v) is 12.8. The minimum atomic E-state index is -3.58. The highest BCUT2D eigenvalue weighted by Crippen LogP contribution is 2.28. The van der Waals surface area contributed by atoms with E-state index in [0.717, 1.165) is 5.56 Å². The first-order valence-electron chi connectivity index (χ1n) is 6.78. The Morgan fingerprint density at radius 1 is 1.45 bits per heavy atom. The molecule has 1 atom stereocenters. The van der Waals surface area contributed by atoms with E-state index in [9.17, 15) is 13.5 Å². The Morgan fingerprint density at radius 3 is 2.75 bits per heavy atom. The van der Waals surface area contributed by atoms with E-state index in [1.807, 2.05) is 6.07 Å². The van der Waals surface area contributed by atoms with Crippen LogP contribution in [0, 0.1) is 6.92 Å². The number of aryl methyl sites for hydroxylation is 1. The van der Waals surface area contributed by atoms with Crippen molar-refractivity contribution < 1.29 is 13.5 Å². The van der Waals surface area contributed by atoms with Gasteiger partial charge >= 0.3 is 0 Å². The van der Waals surface area contributed by atoms with Crippen LogP contribution in [0.2, 0.25) is 0 Å². The highest BCUT2D eigenvalue weighted by molar-refractivity contribution is 7.89. The molecule has 0 bridgehead atoms. The van der Waals surface area contributed by atoms with Gasteiger partial charge < -0.3 is 10.8 Å². The Balaban J connectivity index is 2.40. The number of nitrogens with zero attached hydrogens (tertiary/aromatic N) is 1. The highest BCUT2D eigenvalue weighted by Gasteiger charge is 2.36. The highest BCUT2D eigenvalue weighted by atomic mass is 32.2. The monoisotopic (exact) mass is 298 g/mol. The van der Waals surface area contributed by atoms with Gasteiger partial charge in [0, 0.05) is 19.6 Å². The number of hydrogen-bond donors (Lipinski definition) is 2. The number of nitrogens with two attached hydrogens (primary N) is 1. The molecule has 0 spiro atoms. The maximum absolute atomic E-state index is 12.7. The molecule has 112 valence electrons. The lowest BCUT2D eigenvalue weighted by Crippen LogP contribution is -2.48. The molecule has 0 aromatic heterocycles. The van der Waals surface area contributed by atoms with Crippen molar-refractivity contribution in [2.45, 2.75) is 43.7 Å². The summed E-state index contributed by atoms with van der Waals surface area (Å²) in [7, 11) is -3.58. The van der Waals surface area contributed by atoms with Gasteiger partial charge in [-0.25, -0.2) is 8.42 Å². The zero-order chi connectivity index (χ0) is 15.0. The quantitative estimate of drug-likeness (QED) is 0.871. The maximum Gasteiger partial charge on any atom is 0.243 e. The fraction of sp³-hybridized carbons (Fsp3) is 0.571. The number of β-amino-alcohol motifs (C(OH)–C–C–N with tert-alkyl or cyclic N) is 1. The van der Waals surface area contributed by atoms with Crippen molar-refractivity contribution in [2.24, 2.45) is 5.73 Å². The Morgan fingerprint density at radius 2 is 2.15 bits per heavy atom. The van der Waals surface area contributed by atoms with Crippen molar-refractivity contribution in [3.63, 3.8) is 0 Å². The predicted molar refractivity (Wildman–Crippen MR) is 77.7 cm³/mol. The van der Waals surface area contributed by atoms with Gasteiger partial charge in [0.15, 0.2) is 0 Å². The van der Waals surface area contributed by atoms with E-state index in [1.54, 1.807) is 26.0 Å². The number of aliphatic hydroxyl groups is 1. The average Bonchev–Trinajstić information content (AvgIpc) is 2.38. The summed E-state index contributed by atoms with van der Waals surface area (Å²) in [5.41, 5.74) is 6.12. The molecule has 0 radical (unpaired) electrons. The molecule has 1 aliphatic heterocycles.